The Morgan fingerprint density at radius 3 is 2.50 bits per heavy atom. The molecule has 0 radical (unpaired) electrons. The molecule has 4 nitrogen and oxygen atoms in total. The molecule has 2 aromatic carbocycles. The Bertz CT molecular complexity index is 893. The molecule has 2 heterocycles. The molecular weight excluding hydrogens is 344 g/mol. The van der Waals surface area contributed by atoms with Crippen molar-refractivity contribution in [2.24, 2.45) is 0 Å². The lowest BCUT2D eigenvalue weighted by molar-refractivity contribution is -0.138. The van der Waals surface area contributed by atoms with Crippen LogP contribution in [0.15, 0.2) is 42.5 Å². The number of hydrogen-bond donors (Lipinski definition) is 0. The molecule has 0 aromatic heterocycles. The lowest BCUT2D eigenvalue weighted by atomic mass is 10.0. The molecule has 0 aliphatic carbocycles. The topological polar surface area (TPSA) is 40.6 Å². The number of aryl methyl sites for hydroxylation is 2. The van der Waals surface area contributed by atoms with E-state index in [1.54, 1.807) is 23.6 Å². The van der Waals surface area contributed by atoms with Crippen LogP contribution in [0, 0.1) is 13.8 Å². The van der Waals surface area contributed by atoms with Crippen molar-refractivity contribution < 1.29 is 9.59 Å². The Labute approximate surface area is 158 Å². The van der Waals surface area contributed by atoms with Gasteiger partial charge in [0.25, 0.3) is 5.91 Å². The molecule has 0 unspecified atom stereocenters. The van der Waals surface area contributed by atoms with E-state index in [2.05, 4.69) is 37.3 Å². The highest BCUT2D eigenvalue weighted by atomic mass is 32.2. The third-order valence-electron chi connectivity index (χ3n) is 5.19. The van der Waals surface area contributed by atoms with E-state index < -0.39 is 4.87 Å². The normalized spacial score (nSPS) is 21.6. The summed E-state index contributed by atoms with van der Waals surface area (Å²) in [5.41, 5.74) is 5.26. The highest BCUT2D eigenvalue weighted by molar-refractivity contribution is 8.01. The summed E-state index contributed by atoms with van der Waals surface area (Å²) >= 11 is 1.58. The number of hydrogen-bond acceptors (Lipinski definition) is 3. The summed E-state index contributed by atoms with van der Waals surface area (Å²) in [4.78, 5) is 28.6. The first-order chi connectivity index (χ1) is 12.4. The first kappa shape index (κ1) is 17.2. The van der Waals surface area contributed by atoms with Gasteiger partial charge in [-0.15, -0.1) is 11.8 Å². The van der Waals surface area contributed by atoms with Crippen LogP contribution in [0.2, 0.25) is 0 Å². The van der Waals surface area contributed by atoms with Gasteiger partial charge in [0.2, 0.25) is 5.91 Å². The fourth-order valence-corrected chi connectivity index (χ4v) is 5.39. The minimum atomic E-state index is -0.905. The van der Waals surface area contributed by atoms with E-state index in [1.165, 1.54) is 5.56 Å². The average molecular weight is 366 g/mol. The van der Waals surface area contributed by atoms with Crippen molar-refractivity contribution in [2.45, 2.75) is 32.2 Å². The van der Waals surface area contributed by atoms with Crippen LogP contribution < -0.4 is 4.90 Å². The molecule has 0 bridgehead atoms. The standard InChI is InChI=1S/C21H22N2O2S/c1-14-4-7-17(8-5-14)13-22-19-9-6-15(2)12-18(19)21(20(22)25)23(16(3)24)10-11-26-21/h4-9,12H,10-11,13H2,1-3H3/t21-/m0/s1. The summed E-state index contributed by atoms with van der Waals surface area (Å²) < 4.78 is 0. The van der Waals surface area contributed by atoms with Gasteiger partial charge in [-0.2, -0.15) is 0 Å². The minimum absolute atomic E-state index is 0.00336. The molecule has 0 saturated carbocycles. The van der Waals surface area contributed by atoms with Crippen molar-refractivity contribution in [1.82, 2.24) is 4.90 Å². The third-order valence-corrected chi connectivity index (χ3v) is 6.61. The summed E-state index contributed by atoms with van der Waals surface area (Å²) in [7, 11) is 0. The van der Waals surface area contributed by atoms with Crippen LogP contribution in [0.25, 0.3) is 0 Å². The highest BCUT2D eigenvalue weighted by Crippen LogP contribution is 2.54. The van der Waals surface area contributed by atoms with Crippen LogP contribution in [0.5, 0.6) is 0 Å². The number of thioether (sulfide) groups is 1. The highest BCUT2D eigenvalue weighted by Gasteiger charge is 2.58. The Balaban J connectivity index is 1.82. The smallest absolute Gasteiger partial charge is 0.268 e. The molecule has 5 heteroatoms. The number of anilines is 1. The average Bonchev–Trinajstić information content (AvgIpc) is 3.15. The summed E-state index contributed by atoms with van der Waals surface area (Å²) in [6.07, 6.45) is 0. The zero-order valence-electron chi connectivity index (χ0n) is 15.3. The molecule has 1 atom stereocenters. The third kappa shape index (κ3) is 2.45. The van der Waals surface area contributed by atoms with E-state index in [0.717, 1.165) is 28.1 Å². The summed E-state index contributed by atoms with van der Waals surface area (Å²) in [5, 5.41) is 0. The number of benzene rings is 2. The van der Waals surface area contributed by atoms with E-state index in [0.29, 0.717) is 13.1 Å². The van der Waals surface area contributed by atoms with E-state index in [-0.39, 0.29) is 11.8 Å². The zero-order valence-corrected chi connectivity index (χ0v) is 16.1. The van der Waals surface area contributed by atoms with Crippen LogP contribution in [0.1, 0.15) is 29.2 Å². The number of fused-ring (bicyclic) bond motifs is 2. The van der Waals surface area contributed by atoms with Crippen LogP contribution in [0.4, 0.5) is 5.69 Å². The van der Waals surface area contributed by atoms with Crippen LogP contribution in [0.3, 0.4) is 0 Å². The van der Waals surface area contributed by atoms with Crippen LogP contribution in [-0.4, -0.2) is 29.0 Å². The Morgan fingerprint density at radius 1 is 1.12 bits per heavy atom. The van der Waals surface area contributed by atoms with Gasteiger partial charge >= 0.3 is 0 Å². The van der Waals surface area contributed by atoms with Crippen LogP contribution >= 0.6 is 11.8 Å². The lowest BCUT2D eigenvalue weighted by Crippen LogP contribution is -2.49. The maximum Gasteiger partial charge on any atom is 0.268 e. The SMILES string of the molecule is CC(=O)N1CCS[C@@]12C(=O)N(Cc1ccc(C)cc1)c1ccc(C)cc12. The van der Waals surface area contributed by atoms with Gasteiger partial charge in [-0.1, -0.05) is 47.5 Å². The maximum atomic E-state index is 13.6. The van der Waals surface area contributed by atoms with Crippen molar-refractivity contribution >= 4 is 29.3 Å². The van der Waals surface area contributed by atoms with Crippen molar-refractivity contribution in [3.63, 3.8) is 0 Å². The van der Waals surface area contributed by atoms with Crippen molar-refractivity contribution in [1.29, 1.82) is 0 Å². The molecule has 1 saturated heterocycles. The Hall–Kier alpha value is -2.27. The van der Waals surface area contributed by atoms with E-state index in [9.17, 15) is 9.59 Å². The second-order valence-electron chi connectivity index (χ2n) is 7.06. The van der Waals surface area contributed by atoms with Crippen molar-refractivity contribution in [2.75, 3.05) is 17.2 Å². The van der Waals surface area contributed by atoms with Gasteiger partial charge in [0.15, 0.2) is 4.87 Å². The number of carbonyl (C=O) groups is 2. The number of carbonyl (C=O) groups excluding carboxylic acids is 2. The molecule has 2 amide bonds. The predicted molar refractivity (Wildman–Crippen MR) is 105 cm³/mol. The molecule has 0 N–H and O–H groups in total. The maximum absolute atomic E-state index is 13.6. The molecule has 2 aromatic rings. The molecular formula is C21H22N2O2S. The van der Waals surface area contributed by atoms with E-state index in [4.69, 9.17) is 0 Å². The molecule has 1 spiro atoms. The Morgan fingerprint density at radius 2 is 1.81 bits per heavy atom. The number of nitrogens with zero attached hydrogens (tertiary/aromatic N) is 2. The fraction of sp³-hybridized carbons (Fsp3) is 0.333. The first-order valence-corrected chi connectivity index (χ1v) is 9.83. The zero-order chi connectivity index (χ0) is 18.5. The van der Waals surface area contributed by atoms with Gasteiger partial charge < -0.3 is 9.80 Å². The van der Waals surface area contributed by atoms with Gasteiger partial charge in [-0.05, 0) is 25.5 Å². The van der Waals surface area contributed by atoms with Crippen molar-refractivity contribution in [3.05, 3.63) is 64.7 Å². The van der Waals surface area contributed by atoms with E-state index in [1.807, 2.05) is 24.0 Å². The second-order valence-corrected chi connectivity index (χ2v) is 8.35. The monoisotopic (exact) mass is 366 g/mol. The van der Waals surface area contributed by atoms with E-state index >= 15 is 0 Å². The summed E-state index contributed by atoms with van der Waals surface area (Å²) in [6, 6.07) is 14.4. The first-order valence-electron chi connectivity index (χ1n) is 8.84. The van der Waals surface area contributed by atoms with Gasteiger partial charge in [0.05, 0.1) is 12.2 Å². The summed E-state index contributed by atoms with van der Waals surface area (Å²) in [6.45, 7) is 6.76. The van der Waals surface area contributed by atoms with Gasteiger partial charge in [-0.3, -0.25) is 9.59 Å². The molecule has 26 heavy (non-hydrogen) atoms. The molecule has 1 fully saturated rings. The molecule has 2 aliphatic rings. The van der Waals surface area contributed by atoms with Crippen LogP contribution in [-0.2, 0) is 21.0 Å². The Kier molecular flexibility index (Phi) is 4.07. The molecule has 4 rings (SSSR count). The molecule has 134 valence electrons. The van der Waals surface area contributed by atoms with Gasteiger partial charge in [-0.25, -0.2) is 0 Å². The summed E-state index contributed by atoms with van der Waals surface area (Å²) in [5.74, 6) is 0.723. The predicted octanol–water partition coefficient (Wildman–Crippen LogP) is 3.60. The quantitative estimate of drug-likeness (QED) is 0.815. The second kappa shape index (κ2) is 6.16. The number of rotatable bonds is 2. The molecule has 2 aliphatic heterocycles. The van der Waals surface area contributed by atoms with Gasteiger partial charge in [0, 0.05) is 24.8 Å². The minimum Gasteiger partial charge on any atom is -0.315 e. The fourth-order valence-electron chi connectivity index (χ4n) is 3.90. The number of amides is 2. The lowest BCUT2D eigenvalue weighted by Gasteiger charge is -2.32. The van der Waals surface area contributed by atoms with Gasteiger partial charge in [0.1, 0.15) is 0 Å². The largest absolute Gasteiger partial charge is 0.315 e. The van der Waals surface area contributed by atoms with Crippen molar-refractivity contribution in [3.8, 4) is 0 Å².